The van der Waals surface area contributed by atoms with Gasteiger partial charge in [-0.15, -0.1) is 4.36 Å². The van der Waals surface area contributed by atoms with Crippen LogP contribution in [0.1, 0.15) is 40.7 Å². The lowest BCUT2D eigenvalue weighted by atomic mass is 9.99. The Labute approximate surface area is 184 Å². The van der Waals surface area contributed by atoms with Crippen molar-refractivity contribution in [3.63, 3.8) is 0 Å². The predicted octanol–water partition coefficient (Wildman–Crippen LogP) is 3.33. The van der Waals surface area contributed by atoms with Crippen LogP contribution in [0.4, 0.5) is 10.5 Å². The molecule has 2 aliphatic rings. The van der Waals surface area contributed by atoms with E-state index in [-0.39, 0.29) is 0 Å². The van der Waals surface area contributed by atoms with Gasteiger partial charge in [0.05, 0.1) is 11.5 Å². The Bertz CT molecular complexity index is 1060. The third-order valence-corrected chi connectivity index (χ3v) is 7.38. The molecule has 31 heavy (non-hydrogen) atoms. The van der Waals surface area contributed by atoms with Gasteiger partial charge in [-0.1, -0.05) is 18.2 Å². The van der Waals surface area contributed by atoms with E-state index < -0.39 is 15.9 Å². The smallest absolute Gasteiger partial charge is 0.354 e. The van der Waals surface area contributed by atoms with Gasteiger partial charge >= 0.3 is 6.03 Å². The molecule has 0 saturated heterocycles. The fourth-order valence-corrected chi connectivity index (χ4v) is 5.41. The van der Waals surface area contributed by atoms with E-state index in [9.17, 15) is 9.00 Å². The molecule has 4 rings (SSSR count). The topological polar surface area (TPSA) is 106 Å². The standard InChI is InChI=1S/C23H30N4O3S/c1-30-13-12-25-15-16-8-10-19(11-9-16)31(24,29)27-23(28)26-22-20-6-2-4-17(20)14-18-5-3-7-21(18)22/h8-11,14,25H,2-7,12-13,15H2,1H3,(H3,24,26,27,28,29). The number of urea groups is 1. The van der Waals surface area contributed by atoms with Gasteiger partial charge in [-0.05, 0) is 78.5 Å². The minimum Gasteiger partial charge on any atom is -0.383 e. The Balaban J connectivity index is 1.50. The molecule has 0 aromatic heterocycles. The normalized spacial score (nSPS) is 16.5. The minimum atomic E-state index is -3.33. The van der Waals surface area contributed by atoms with E-state index in [0.29, 0.717) is 18.0 Å². The molecule has 2 aliphatic carbocycles. The second-order valence-electron chi connectivity index (χ2n) is 8.14. The lowest BCUT2D eigenvalue weighted by Crippen LogP contribution is -2.20. The first-order valence-electron chi connectivity index (χ1n) is 10.8. The summed E-state index contributed by atoms with van der Waals surface area (Å²) in [7, 11) is -1.67. The van der Waals surface area contributed by atoms with Gasteiger partial charge in [0.2, 0.25) is 0 Å². The van der Waals surface area contributed by atoms with E-state index in [1.165, 1.54) is 22.3 Å². The van der Waals surface area contributed by atoms with Gasteiger partial charge in [-0.2, -0.15) is 0 Å². The molecule has 4 N–H and O–H groups in total. The Morgan fingerprint density at radius 3 is 2.35 bits per heavy atom. The molecule has 0 saturated carbocycles. The molecule has 0 spiro atoms. The number of aryl methyl sites for hydroxylation is 2. The van der Waals surface area contributed by atoms with E-state index >= 15 is 0 Å². The highest BCUT2D eigenvalue weighted by atomic mass is 32.2. The maximum absolute atomic E-state index is 13.0. The lowest BCUT2D eigenvalue weighted by molar-refractivity contribution is 0.199. The zero-order valence-electron chi connectivity index (χ0n) is 17.9. The van der Waals surface area contributed by atoms with Crippen LogP contribution in [0.2, 0.25) is 0 Å². The first kappa shape index (κ1) is 22.0. The Morgan fingerprint density at radius 1 is 1.10 bits per heavy atom. The van der Waals surface area contributed by atoms with Crippen molar-refractivity contribution in [1.82, 2.24) is 5.32 Å². The number of anilines is 1. The molecule has 2 amide bonds. The van der Waals surface area contributed by atoms with Gasteiger partial charge in [-0.25, -0.2) is 14.1 Å². The van der Waals surface area contributed by atoms with E-state index in [1.807, 2.05) is 12.1 Å². The highest BCUT2D eigenvalue weighted by Crippen LogP contribution is 2.38. The van der Waals surface area contributed by atoms with E-state index in [4.69, 9.17) is 9.88 Å². The van der Waals surface area contributed by atoms with E-state index in [0.717, 1.165) is 56.3 Å². The van der Waals surface area contributed by atoms with Crippen LogP contribution in [-0.2, 0) is 46.9 Å². The van der Waals surface area contributed by atoms with Crippen molar-refractivity contribution in [2.45, 2.75) is 50.0 Å². The molecule has 1 atom stereocenters. The molecule has 0 heterocycles. The average molecular weight is 443 g/mol. The number of carbonyl (C=O) groups excluding carboxylic acids is 1. The summed E-state index contributed by atoms with van der Waals surface area (Å²) in [5, 5.41) is 12.2. The number of amides is 2. The van der Waals surface area contributed by atoms with Gasteiger partial charge in [0.1, 0.15) is 9.92 Å². The molecule has 2 aromatic rings. The van der Waals surface area contributed by atoms with Crippen LogP contribution in [0.5, 0.6) is 0 Å². The number of ether oxygens (including phenoxy) is 1. The zero-order chi connectivity index (χ0) is 21.8. The quantitative estimate of drug-likeness (QED) is 0.572. The SMILES string of the molecule is COCCNCc1ccc(S(N)(=O)=NC(=O)Nc2c3c(cc4c2CCC4)CCC3)cc1. The molecule has 166 valence electrons. The molecule has 1 unspecified atom stereocenters. The van der Waals surface area contributed by atoms with Crippen LogP contribution in [0.25, 0.3) is 0 Å². The average Bonchev–Trinajstić information content (AvgIpc) is 3.40. The molecule has 2 aromatic carbocycles. The van der Waals surface area contributed by atoms with Gasteiger partial charge < -0.3 is 15.4 Å². The van der Waals surface area contributed by atoms with Crippen LogP contribution in [0.15, 0.2) is 39.6 Å². The number of nitrogens with two attached hydrogens (primary N) is 1. The summed E-state index contributed by atoms with van der Waals surface area (Å²) in [6.45, 7) is 2.04. The van der Waals surface area contributed by atoms with Crippen LogP contribution in [0.3, 0.4) is 0 Å². The summed E-state index contributed by atoms with van der Waals surface area (Å²) in [5.74, 6) is 0. The summed E-state index contributed by atoms with van der Waals surface area (Å²) >= 11 is 0. The zero-order valence-corrected chi connectivity index (χ0v) is 18.7. The fourth-order valence-electron chi connectivity index (χ4n) is 4.48. The number of rotatable bonds is 7. The number of benzene rings is 2. The van der Waals surface area contributed by atoms with Crippen molar-refractivity contribution in [1.29, 1.82) is 0 Å². The number of hydrogen-bond donors (Lipinski definition) is 3. The lowest BCUT2D eigenvalue weighted by Gasteiger charge is -2.15. The van der Waals surface area contributed by atoms with Crippen LogP contribution in [0, 0.1) is 0 Å². The van der Waals surface area contributed by atoms with Crippen molar-refractivity contribution >= 4 is 21.6 Å². The maximum atomic E-state index is 13.0. The van der Waals surface area contributed by atoms with Crippen LogP contribution >= 0.6 is 0 Å². The predicted molar refractivity (Wildman–Crippen MR) is 123 cm³/mol. The molecule has 0 aliphatic heterocycles. The van der Waals surface area contributed by atoms with Crippen molar-refractivity contribution in [2.24, 2.45) is 9.50 Å². The molecule has 7 nitrogen and oxygen atoms in total. The van der Waals surface area contributed by atoms with Crippen molar-refractivity contribution in [2.75, 3.05) is 25.6 Å². The first-order chi connectivity index (χ1) is 15.0. The van der Waals surface area contributed by atoms with Crippen molar-refractivity contribution in [3.8, 4) is 0 Å². The number of methoxy groups -OCH3 is 1. The van der Waals surface area contributed by atoms with E-state index in [2.05, 4.69) is 21.1 Å². The molecular weight excluding hydrogens is 412 g/mol. The van der Waals surface area contributed by atoms with Gasteiger partial charge in [0.25, 0.3) is 0 Å². The monoisotopic (exact) mass is 442 g/mol. The largest absolute Gasteiger partial charge is 0.383 e. The molecule has 0 radical (unpaired) electrons. The molecular formula is C23H30N4O3S. The molecule has 0 fully saturated rings. The second kappa shape index (κ2) is 9.48. The Hall–Kier alpha value is -2.26. The highest BCUT2D eigenvalue weighted by Gasteiger charge is 2.25. The molecule has 0 bridgehead atoms. The number of carbonyl (C=O) groups is 1. The summed E-state index contributed by atoms with van der Waals surface area (Å²) in [6.07, 6.45) is 6.19. The number of nitrogens with zero attached hydrogens (tertiary/aromatic N) is 1. The molecule has 8 heteroatoms. The van der Waals surface area contributed by atoms with Crippen molar-refractivity contribution in [3.05, 3.63) is 58.1 Å². The first-order valence-corrected chi connectivity index (χ1v) is 12.4. The minimum absolute atomic E-state index is 0.340. The summed E-state index contributed by atoms with van der Waals surface area (Å²) < 4.78 is 21.9. The van der Waals surface area contributed by atoms with Crippen molar-refractivity contribution < 1.29 is 13.7 Å². The van der Waals surface area contributed by atoms with Gasteiger partial charge in [0, 0.05) is 25.9 Å². The third kappa shape index (κ3) is 4.98. The van der Waals surface area contributed by atoms with Gasteiger partial charge in [-0.3, -0.25) is 0 Å². The summed E-state index contributed by atoms with van der Waals surface area (Å²) in [4.78, 5) is 13.1. The number of nitrogens with one attached hydrogen (secondary N) is 2. The van der Waals surface area contributed by atoms with E-state index in [1.54, 1.807) is 19.2 Å². The Morgan fingerprint density at radius 2 is 1.74 bits per heavy atom. The third-order valence-electron chi connectivity index (χ3n) is 6.00. The summed E-state index contributed by atoms with van der Waals surface area (Å²) in [5.41, 5.74) is 6.95. The number of fused-ring (bicyclic) bond motifs is 2. The van der Waals surface area contributed by atoms with Crippen LogP contribution in [-0.4, -0.2) is 30.5 Å². The number of hydrogen-bond acceptors (Lipinski definition) is 4. The maximum Gasteiger partial charge on any atom is 0.354 e. The van der Waals surface area contributed by atoms with Crippen LogP contribution < -0.4 is 15.8 Å². The summed E-state index contributed by atoms with van der Waals surface area (Å²) in [6, 6.07) is 8.68. The highest BCUT2D eigenvalue weighted by molar-refractivity contribution is 7.91. The fraction of sp³-hybridized carbons (Fsp3) is 0.435. The van der Waals surface area contributed by atoms with Gasteiger partial charge in [0.15, 0.2) is 0 Å². The second-order valence-corrected chi connectivity index (χ2v) is 9.93. The Kier molecular flexibility index (Phi) is 6.71.